The van der Waals surface area contributed by atoms with Gasteiger partial charge in [-0.15, -0.1) is 0 Å². The second kappa shape index (κ2) is 5.14. The summed E-state index contributed by atoms with van der Waals surface area (Å²) in [7, 11) is 0. The topological polar surface area (TPSA) is 74.2 Å². The largest absolute Gasteiger partial charge is 0.378 e. The van der Waals surface area contributed by atoms with Crippen LogP contribution in [0.4, 0.5) is 0 Å². The van der Waals surface area contributed by atoms with Gasteiger partial charge in [0.1, 0.15) is 0 Å². The van der Waals surface area contributed by atoms with Crippen molar-refractivity contribution in [2.24, 2.45) is 5.73 Å². The summed E-state index contributed by atoms with van der Waals surface area (Å²) < 4.78 is 10.8. The zero-order chi connectivity index (χ0) is 12.3. The molecule has 0 aromatic carbocycles. The van der Waals surface area contributed by atoms with Crippen LogP contribution < -0.4 is 5.73 Å². The van der Waals surface area contributed by atoms with Crippen LogP contribution in [0.3, 0.4) is 0 Å². The minimum Gasteiger partial charge on any atom is -0.378 e. The number of rotatable bonds is 4. The molecule has 1 aromatic rings. The van der Waals surface area contributed by atoms with Gasteiger partial charge in [0.15, 0.2) is 5.82 Å². The van der Waals surface area contributed by atoms with Gasteiger partial charge in [0.05, 0.1) is 11.6 Å². The number of nitrogens with two attached hydrogens (primary N) is 1. The van der Waals surface area contributed by atoms with E-state index in [1.165, 1.54) is 12.8 Å². The third kappa shape index (κ3) is 3.51. The van der Waals surface area contributed by atoms with E-state index in [1.54, 1.807) is 0 Å². The van der Waals surface area contributed by atoms with E-state index in [4.69, 9.17) is 15.0 Å². The fourth-order valence-corrected chi connectivity index (χ4v) is 1.94. The van der Waals surface area contributed by atoms with E-state index >= 15 is 0 Å². The fourth-order valence-electron chi connectivity index (χ4n) is 1.94. The van der Waals surface area contributed by atoms with Gasteiger partial charge in [-0.2, -0.15) is 4.98 Å². The SMILES string of the molecule is CC(C)(N)c1noc(CCC2CCCCO2)n1. The first kappa shape index (κ1) is 12.5. The Balaban J connectivity index is 1.84. The average molecular weight is 239 g/mol. The summed E-state index contributed by atoms with van der Waals surface area (Å²) in [6.45, 7) is 4.62. The van der Waals surface area contributed by atoms with Gasteiger partial charge in [0, 0.05) is 13.0 Å². The molecule has 0 radical (unpaired) electrons. The van der Waals surface area contributed by atoms with Crippen LogP contribution in [0.2, 0.25) is 0 Å². The molecule has 1 aromatic heterocycles. The highest BCUT2D eigenvalue weighted by molar-refractivity contribution is 4.99. The van der Waals surface area contributed by atoms with Gasteiger partial charge < -0.3 is 15.0 Å². The van der Waals surface area contributed by atoms with E-state index in [0.29, 0.717) is 17.8 Å². The van der Waals surface area contributed by atoms with Gasteiger partial charge >= 0.3 is 0 Å². The molecule has 0 spiro atoms. The smallest absolute Gasteiger partial charge is 0.226 e. The van der Waals surface area contributed by atoms with E-state index < -0.39 is 5.54 Å². The van der Waals surface area contributed by atoms with Gasteiger partial charge in [-0.1, -0.05) is 5.16 Å². The number of nitrogens with zero attached hydrogens (tertiary/aromatic N) is 2. The molecule has 1 atom stereocenters. The Hall–Kier alpha value is -0.940. The van der Waals surface area contributed by atoms with Crippen molar-refractivity contribution in [3.8, 4) is 0 Å². The predicted octanol–water partition coefficient (Wildman–Crippen LogP) is 1.77. The van der Waals surface area contributed by atoms with Crippen molar-refractivity contribution in [1.82, 2.24) is 10.1 Å². The molecule has 96 valence electrons. The van der Waals surface area contributed by atoms with Crippen molar-refractivity contribution in [3.05, 3.63) is 11.7 Å². The predicted molar refractivity (Wildman–Crippen MR) is 63.4 cm³/mol. The van der Waals surface area contributed by atoms with Crippen LogP contribution >= 0.6 is 0 Å². The highest BCUT2D eigenvalue weighted by atomic mass is 16.5. The van der Waals surface area contributed by atoms with Crippen LogP contribution in [0, 0.1) is 0 Å². The summed E-state index contributed by atoms with van der Waals surface area (Å²) in [6.07, 6.45) is 5.66. The van der Waals surface area contributed by atoms with Gasteiger partial charge in [-0.25, -0.2) is 0 Å². The molecule has 2 heterocycles. The van der Waals surface area contributed by atoms with Crippen LogP contribution in [-0.4, -0.2) is 22.9 Å². The lowest BCUT2D eigenvalue weighted by Crippen LogP contribution is -2.30. The fraction of sp³-hybridized carbons (Fsp3) is 0.833. The van der Waals surface area contributed by atoms with Crippen LogP contribution in [0.15, 0.2) is 4.52 Å². The quantitative estimate of drug-likeness (QED) is 0.866. The molecule has 0 amide bonds. The number of hydrogen-bond donors (Lipinski definition) is 1. The van der Waals surface area contributed by atoms with E-state index in [2.05, 4.69) is 10.1 Å². The van der Waals surface area contributed by atoms with Crippen LogP contribution in [0.1, 0.15) is 51.2 Å². The highest BCUT2D eigenvalue weighted by Crippen LogP contribution is 2.18. The second-order valence-electron chi connectivity index (χ2n) is 5.26. The summed E-state index contributed by atoms with van der Waals surface area (Å²) in [4.78, 5) is 4.31. The Morgan fingerprint density at radius 1 is 1.41 bits per heavy atom. The molecule has 0 aliphatic carbocycles. The van der Waals surface area contributed by atoms with E-state index in [1.807, 2.05) is 13.8 Å². The molecule has 1 aliphatic heterocycles. The third-order valence-electron chi connectivity index (χ3n) is 3.00. The summed E-state index contributed by atoms with van der Waals surface area (Å²) in [6, 6.07) is 0. The molecule has 17 heavy (non-hydrogen) atoms. The molecule has 1 aliphatic rings. The molecular weight excluding hydrogens is 218 g/mol. The van der Waals surface area contributed by atoms with Gasteiger partial charge in [0.2, 0.25) is 5.89 Å². The second-order valence-corrected chi connectivity index (χ2v) is 5.26. The molecule has 2 rings (SSSR count). The third-order valence-corrected chi connectivity index (χ3v) is 3.00. The molecule has 1 unspecified atom stereocenters. The lowest BCUT2D eigenvalue weighted by molar-refractivity contribution is 0.0104. The molecule has 0 bridgehead atoms. The number of hydrogen-bond acceptors (Lipinski definition) is 5. The van der Waals surface area contributed by atoms with Crippen molar-refractivity contribution < 1.29 is 9.26 Å². The first-order valence-corrected chi connectivity index (χ1v) is 6.29. The Kier molecular flexibility index (Phi) is 3.79. The zero-order valence-corrected chi connectivity index (χ0v) is 10.6. The van der Waals surface area contributed by atoms with E-state index in [9.17, 15) is 0 Å². The zero-order valence-electron chi connectivity index (χ0n) is 10.6. The van der Waals surface area contributed by atoms with Gasteiger partial charge in [0.25, 0.3) is 0 Å². The molecule has 1 fully saturated rings. The van der Waals surface area contributed by atoms with Crippen molar-refractivity contribution >= 4 is 0 Å². The standard InChI is InChI=1S/C12H21N3O2/c1-12(2,13)11-14-10(17-15-11)7-6-9-5-3-4-8-16-9/h9H,3-8,13H2,1-2H3. The Bertz CT molecular complexity index is 351. The number of aromatic nitrogens is 2. The first-order valence-electron chi connectivity index (χ1n) is 6.29. The summed E-state index contributed by atoms with van der Waals surface area (Å²) in [5.74, 6) is 1.23. The molecular formula is C12H21N3O2. The minimum absolute atomic E-state index is 0.352. The van der Waals surface area contributed by atoms with Gasteiger partial charge in [-0.05, 0) is 39.5 Å². The maximum atomic E-state index is 5.90. The highest BCUT2D eigenvalue weighted by Gasteiger charge is 2.22. The lowest BCUT2D eigenvalue weighted by Gasteiger charge is -2.21. The van der Waals surface area contributed by atoms with Gasteiger partial charge in [-0.3, -0.25) is 0 Å². The average Bonchev–Trinajstić information content (AvgIpc) is 2.76. The summed E-state index contributed by atoms with van der Waals surface area (Å²) in [5, 5.41) is 3.90. The normalized spacial score (nSPS) is 21.7. The van der Waals surface area contributed by atoms with Crippen molar-refractivity contribution in [1.29, 1.82) is 0 Å². The number of ether oxygens (including phenoxy) is 1. The first-order chi connectivity index (χ1) is 8.05. The summed E-state index contributed by atoms with van der Waals surface area (Å²) >= 11 is 0. The van der Waals surface area contributed by atoms with E-state index in [-0.39, 0.29) is 0 Å². The molecule has 1 saturated heterocycles. The van der Waals surface area contributed by atoms with Crippen molar-refractivity contribution in [2.45, 2.75) is 57.6 Å². The maximum Gasteiger partial charge on any atom is 0.226 e. The van der Waals surface area contributed by atoms with Crippen LogP contribution in [-0.2, 0) is 16.7 Å². The molecule has 5 nitrogen and oxygen atoms in total. The van der Waals surface area contributed by atoms with Crippen molar-refractivity contribution in [3.63, 3.8) is 0 Å². The molecule has 5 heteroatoms. The lowest BCUT2D eigenvalue weighted by atomic mass is 10.0. The monoisotopic (exact) mass is 239 g/mol. The van der Waals surface area contributed by atoms with Crippen molar-refractivity contribution in [2.75, 3.05) is 6.61 Å². The Labute approximate surface area is 102 Å². The van der Waals surface area contributed by atoms with E-state index in [0.717, 1.165) is 25.9 Å². The molecule has 2 N–H and O–H groups in total. The van der Waals surface area contributed by atoms with Crippen LogP contribution in [0.5, 0.6) is 0 Å². The van der Waals surface area contributed by atoms with Crippen LogP contribution in [0.25, 0.3) is 0 Å². The Morgan fingerprint density at radius 2 is 2.24 bits per heavy atom. The summed E-state index contributed by atoms with van der Waals surface area (Å²) in [5.41, 5.74) is 5.36. The number of aryl methyl sites for hydroxylation is 1. The minimum atomic E-state index is -0.539. The maximum absolute atomic E-state index is 5.90. The molecule has 0 saturated carbocycles. The Morgan fingerprint density at radius 3 is 2.82 bits per heavy atom.